The van der Waals surface area contributed by atoms with Gasteiger partial charge >= 0.3 is 6.61 Å². The van der Waals surface area contributed by atoms with E-state index in [0.717, 1.165) is 17.4 Å². The van der Waals surface area contributed by atoms with E-state index in [-0.39, 0.29) is 28.7 Å². The lowest BCUT2D eigenvalue weighted by molar-refractivity contribution is -0.0494. The van der Waals surface area contributed by atoms with Crippen LogP contribution in [0.2, 0.25) is 0 Å². The summed E-state index contributed by atoms with van der Waals surface area (Å²) in [6, 6.07) is 10.3. The summed E-state index contributed by atoms with van der Waals surface area (Å²) in [6.07, 6.45) is 0. The SMILES string of the molecule is COc1ccc(S(=O)(=O)N(C)c2ccccc2OC(F)F)cc1N1CCNCC1.Cl. The number of nitrogens with zero attached hydrogens (tertiary/aromatic N) is 2. The summed E-state index contributed by atoms with van der Waals surface area (Å²) >= 11 is 0. The zero-order valence-electron chi connectivity index (χ0n) is 16.5. The van der Waals surface area contributed by atoms with Crippen LogP contribution in [-0.4, -0.2) is 55.4 Å². The molecule has 7 nitrogen and oxygen atoms in total. The lowest BCUT2D eigenvalue weighted by Gasteiger charge is -2.31. The molecule has 3 rings (SSSR count). The van der Waals surface area contributed by atoms with Crippen LogP contribution in [0.15, 0.2) is 47.4 Å². The molecule has 2 aromatic carbocycles. The number of sulfonamides is 1. The standard InChI is InChI=1S/C19H23F2N3O4S.ClH/c1-23(15-5-3-4-6-18(15)28-19(20)21)29(25,26)14-7-8-17(27-2)16(13-14)24-11-9-22-10-12-24;/h3-8,13,19,22H,9-12H2,1-2H3;1H. The number of rotatable bonds is 7. The maximum Gasteiger partial charge on any atom is 0.387 e. The van der Waals surface area contributed by atoms with Gasteiger partial charge < -0.3 is 19.7 Å². The first-order chi connectivity index (χ1) is 13.8. The lowest BCUT2D eigenvalue weighted by atomic mass is 10.2. The fraction of sp³-hybridized carbons (Fsp3) is 0.368. The smallest absolute Gasteiger partial charge is 0.387 e. The summed E-state index contributed by atoms with van der Waals surface area (Å²) in [4.78, 5) is 2.07. The van der Waals surface area contributed by atoms with Crippen molar-refractivity contribution in [2.24, 2.45) is 0 Å². The number of ether oxygens (including phenoxy) is 2. The van der Waals surface area contributed by atoms with Gasteiger partial charge in [-0.05, 0) is 30.3 Å². The number of piperazine rings is 1. The van der Waals surface area contributed by atoms with Crippen molar-refractivity contribution < 1.29 is 26.7 Å². The molecule has 0 aliphatic carbocycles. The molecular formula is C19H24ClF2N3O4S. The Morgan fingerprint density at radius 1 is 1.10 bits per heavy atom. The Morgan fingerprint density at radius 3 is 2.40 bits per heavy atom. The minimum atomic E-state index is -4.03. The summed E-state index contributed by atoms with van der Waals surface area (Å²) in [6.45, 7) is -0.0919. The molecule has 0 bridgehead atoms. The second kappa shape index (κ2) is 10.1. The number of hydrogen-bond donors (Lipinski definition) is 1. The van der Waals surface area contributed by atoms with Crippen molar-refractivity contribution in [3.05, 3.63) is 42.5 Å². The van der Waals surface area contributed by atoms with Crippen LogP contribution in [0.25, 0.3) is 0 Å². The number of nitrogens with one attached hydrogen (secondary N) is 1. The molecule has 1 fully saturated rings. The van der Waals surface area contributed by atoms with Gasteiger partial charge in [0.25, 0.3) is 10.0 Å². The van der Waals surface area contributed by atoms with Crippen molar-refractivity contribution in [1.82, 2.24) is 5.32 Å². The van der Waals surface area contributed by atoms with E-state index in [1.807, 2.05) is 4.90 Å². The molecule has 1 saturated heterocycles. The maximum atomic E-state index is 13.2. The maximum absolute atomic E-state index is 13.2. The Balaban J connectivity index is 0.00000320. The molecule has 0 spiro atoms. The van der Waals surface area contributed by atoms with Gasteiger partial charge in [-0.2, -0.15) is 8.78 Å². The number of methoxy groups -OCH3 is 1. The Bertz CT molecular complexity index is 957. The molecule has 2 aromatic rings. The first-order valence-electron chi connectivity index (χ1n) is 9.01. The molecule has 0 unspecified atom stereocenters. The third-order valence-corrected chi connectivity index (χ3v) is 6.45. The normalized spacial score (nSPS) is 14.2. The molecule has 11 heteroatoms. The summed E-state index contributed by atoms with van der Waals surface area (Å²) in [5, 5.41) is 3.24. The minimum absolute atomic E-state index is 0. The minimum Gasteiger partial charge on any atom is -0.495 e. The molecule has 1 aliphatic heterocycles. The van der Waals surface area contributed by atoms with Crippen LogP contribution in [0, 0.1) is 0 Å². The molecule has 0 radical (unpaired) electrons. The van der Waals surface area contributed by atoms with Crippen molar-refractivity contribution in [2.45, 2.75) is 11.5 Å². The predicted octanol–water partition coefficient (Wildman–Crippen LogP) is 2.95. The Morgan fingerprint density at radius 2 is 1.77 bits per heavy atom. The zero-order chi connectivity index (χ0) is 21.0. The first kappa shape index (κ1) is 24.0. The monoisotopic (exact) mass is 463 g/mol. The molecule has 1 heterocycles. The second-order valence-electron chi connectivity index (χ2n) is 6.39. The van der Waals surface area contributed by atoms with Gasteiger partial charge in [0.05, 0.1) is 23.4 Å². The fourth-order valence-corrected chi connectivity index (χ4v) is 4.41. The Kier molecular flexibility index (Phi) is 8.10. The molecule has 0 amide bonds. The van der Waals surface area contributed by atoms with Crippen molar-refractivity contribution in [2.75, 3.05) is 49.5 Å². The molecule has 0 saturated carbocycles. The van der Waals surface area contributed by atoms with Gasteiger partial charge in [-0.3, -0.25) is 4.31 Å². The highest BCUT2D eigenvalue weighted by Gasteiger charge is 2.27. The Hall–Kier alpha value is -2.30. The van der Waals surface area contributed by atoms with E-state index in [2.05, 4.69) is 10.1 Å². The molecule has 166 valence electrons. The van der Waals surface area contributed by atoms with Gasteiger partial charge in [0.1, 0.15) is 11.5 Å². The van der Waals surface area contributed by atoms with Gasteiger partial charge in [0, 0.05) is 33.2 Å². The van der Waals surface area contributed by atoms with E-state index < -0.39 is 16.6 Å². The van der Waals surface area contributed by atoms with Crippen LogP contribution < -0.4 is 24.0 Å². The number of halogens is 3. The average Bonchev–Trinajstić information content (AvgIpc) is 2.73. The van der Waals surface area contributed by atoms with Crippen molar-refractivity contribution in [3.63, 3.8) is 0 Å². The molecule has 0 atom stereocenters. The van der Waals surface area contributed by atoms with Gasteiger partial charge in [-0.25, -0.2) is 8.42 Å². The van der Waals surface area contributed by atoms with Crippen LogP contribution in [0.1, 0.15) is 0 Å². The van der Waals surface area contributed by atoms with Crippen molar-refractivity contribution in [1.29, 1.82) is 0 Å². The molecule has 30 heavy (non-hydrogen) atoms. The summed E-state index contributed by atoms with van der Waals surface area (Å²) in [5.74, 6) is 0.347. The quantitative estimate of drug-likeness (QED) is 0.680. The van der Waals surface area contributed by atoms with Crippen LogP contribution in [0.3, 0.4) is 0 Å². The highest BCUT2D eigenvalue weighted by atomic mass is 35.5. The fourth-order valence-electron chi connectivity index (χ4n) is 3.18. The predicted molar refractivity (Wildman–Crippen MR) is 114 cm³/mol. The van der Waals surface area contributed by atoms with Crippen LogP contribution in [0.4, 0.5) is 20.2 Å². The third kappa shape index (κ3) is 5.05. The molecule has 0 aromatic heterocycles. The second-order valence-corrected chi connectivity index (χ2v) is 8.36. The number of hydrogen-bond acceptors (Lipinski definition) is 6. The molecule has 1 N–H and O–H groups in total. The molecule has 1 aliphatic rings. The highest BCUT2D eigenvalue weighted by Crippen LogP contribution is 2.35. The summed E-state index contributed by atoms with van der Waals surface area (Å²) in [5.41, 5.74) is 0.688. The summed E-state index contributed by atoms with van der Waals surface area (Å²) in [7, 11) is -1.20. The number of anilines is 2. The zero-order valence-corrected chi connectivity index (χ0v) is 18.2. The van der Waals surface area contributed by atoms with E-state index in [9.17, 15) is 17.2 Å². The highest BCUT2D eigenvalue weighted by molar-refractivity contribution is 7.92. The number of alkyl halides is 2. The van der Waals surface area contributed by atoms with Crippen LogP contribution in [0.5, 0.6) is 11.5 Å². The van der Waals surface area contributed by atoms with Crippen LogP contribution >= 0.6 is 12.4 Å². The Labute approximate surface area is 181 Å². The lowest BCUT2D eigenvalue weighted by Crippen LogP contribution is -2.43. The van der Waals surface area contributed by atoms with Gasteiger partial charge in [-0.1, -0.05) is 12.1 Å². The largest absolute Gasteiger partial charge is 0.495 e. The van der Waals surface area contributed by atoms with Gasteiger partial charge in [0.15, 0.2) is 0 Å². The van der Waals surface area contributed by atoms with Crippen molar-refractivity contribution >= 4 is 33.8 Å². The van der Waals surface area contributed by atoms with Crippen LogP contribution in [-0.2, 0) is 10.0 Å². The van der Waals surface area contributed by atoms with Gasteiger partial charge in [0.2, 0.25) is 0 Å². The van der Waals surface area contributed by atoms with E-state index >= 15 is 0 Å². The van der Waals surface area contributed by atoms with E-state index in [1.165, 1.54) is 38.4 Å². The molecular weight excluding hydrogens is 440 g/mol. The van der Waals surface area contributed by atoms with E-state index in [0.29, 0.717) is 24.5 Å². The average molecular weight is 464 g/mol. The van der Waals surface area contributed by atoms with Crippen molar-refractivity contribution in [3.8, 4) is 11.5 Å². The first-order valence-corrected chi connectivity index (χ1v) is 10.4. The summed E-state index contributed by atoms with van der Waals surface area (Å²) < 4.78 is 62.7. The third-order valence-electron chi connectivity index (χ3n) is 4.69. The number of para-hydroxylation sites is 2. The number of benzene rings is 2. The van der Waals surface area contributed by atoms with E-state index in [1.54, 1.807) is 18.2 Å². The topological polar surface area (TPSA) is 71.1 Å². The van der Waals surface area contributed by atoms with Gasteiger partial charge in [-0.15, -0.1) is 12.4 Å². The van der Waals surface area contributed by atoms with E-state index in [4.69, 9.17) is 4.74 Å².